The highest BCUT2D eigenvalue weighted by Crippen LogP contribution is 2.31. The molecule has 0 atom stereocenters. The van der Waals surface area contributed by atoms with Gasteiger partial charge in [0.25, 0.3) is 5.69 Å². The molecule has 0 aliphatic rings. The van der Waals surface area contributed by atoms with Gasteiger partial charge in [-0.15, -0.1) is 0 Å². The number of non-ortho nitro benzene ring substituents is 1. The van der Waals surface area contributed by atoms with Gasteiger partial charge in [0.1, 0.15) is 0 Å². The Kier molecular flexibility index (Phi) is 6.67. The van der Waals surface area contributed by atoms with Crippen molar-refractivity contribution in [3.05, 3.63) is 28.3 Å². The number of methoxy groups -OCH3 is 1. The molecule has 0 saturated carbocycles. The Hall–Kier alpha value is -1.82. The molecule has 6 heteroatoms. The predicted molar refractivity (Wildman–Crippen MR) is 70.7 cm³/mol. The lowest BCUT2D eigenvalue weighted by molar-refractivity contribution is -0.384. The maximum absolute atomic E-state index is 10.6. The number of unbranched alkanes of at least 4 members (excludes halogenated alkanes) is 3. The van der Waals surface area contributed by atoms with Gasteiger partial charge in [0.15, 0.2) is 11.5 Å². The molecule has 0 unspecified atom stereocenters. The van der Waals surface area contributed by atoms with E-state index in [0.717, 1.165) is 25.7 Å². The molecular formula is C13H19NO5. The molecule has 0 aliphatic carbocycles. The third kappa shape index (κ3) is 5.13. The van der Waals surface area contributed by atoms with Crippen LogP contribution in [0.3, 0.4) is 0 Å². The average molecular weight is 269 g/mol. The molecule has 19 heavy (non-hydrogen) atoms. The lowest BCUT2D eigenvalue weighted by atomic mass is 10.2. The summed E-state index contributed by atoms with van der Waals surface area (Å²) < 4.78 is 10.6. The fourth-order valence-electron chi connectivity index (χ4n) is 1.64. The van der Waals surface area contributed by atoms with Gasteiger partial charge >= 0.3 is 0 Å². The number of aliphatic hydroxyl groups excluding tert-OH is 1. The second-order valence-corrected chi connectivity index (χ2v) is 4.08. The van der Waals surface area contributed by atoms with Crippen LogP contribution in [0.5, 0.6) is 11.5 Å². The number of nitro groups is 1. The van der Waals surface area contributed by atoms with Gasteiger partial charge < -0.3 is 14.6 Å². The summed E-state index contributed by atoms with van der Waals surface area (Å²) in [6, 6.07) is 4.29. The lowest BCUT2D eigenvalue weighted by Gasteiger charge is -2.10. The summed E-state index contributed by atoms with van der Waals surface area (Å²) in [5.74, 6) is 0.875. The van der Waals surface area contributed by atoms with Gasteiger partial charge in [-0.2, -0.15) is 0 Å². The Morgan fingerprint density at radius 2 is 1.95 bits per heavy atom. The number of nitrogens with zero attached hydrogens (tertiary/aromatic N) is 1. The zero-order valence-electron chi connectivity index (χ0n) is 11.0. The van der Waals surface area contributed by atoms with Gasteiger partial charge in [-0.05, 0) is 25.3 Å². The zero-order valence-corrected chi connectivity index (χ0v) is 11.0. The quantitative estimate of drug-likeness (QED) is 0.423. The summed E-state index contributed by atoms with van der Waals surface area (Å²) in [6.07, 6.45) is 3.63. The molecular weight excluding hydrogens is 250 g/mol. The van der Waals surface area contributed by atoms with E-state index in [1.807, 2.05) is 0 Å². The van der Waals surface area contributed by atoms with Crippen molar-refractivity contribution in [2.45, 2.75) is 25.7 Å². The van der Waals surface area contributed by atoms with E-state index in [-0.39, 0.29) is 12.3 Å². The van der Waals surface area contributed by atoms with Crippen LogP contribution in [0.25, 0.3) is 0 Å². The van der Waals surface area contributed by atoms with Gasteiger partial charge in [0.2, 0.25) is 0 Å². The van der Waals surface area contributed by atoms with E-state index in [0.29, 0.717) is 18.1 Å². The van der Waals surface area contributed by atoms with E-state index in [9.17, 15) is 10.1 Å². The first-order chi connectivity index (χ1) is 9.19. The minimum absolute atomic E-state index is 0.0212. The van der Waals surface area contributed by atoms with Crippen LogP contribution in [-0.4, -0.2) is 30.4 Å². The van der Waals surface area contributed by atoms with Gasteiger partial charge in [-0.3, -0.25) is 10.1 Å². The van der Waals surface area contributed by atoms with Gasteiger partial charge in [-0.25, -0.2) is 0 Å². The van der Waals surface area contributed by atoms with Gasteiger partial charge in [0.05, 0.1) is 24.7 Å². The molecule has 1 N–H and O–H groups in total. The Morgan fingerprint density at radius 1 is 1.21 bits per heavy atom. The molecule has 0 spiro atoms. The van der Waals surface area contributed by atoms with Crippen molar-refractivity contribution in [1.29, 1.82) is 0 Å². The number of hydrogen-bond donors (Lipinski definition) is 1. The Bertz CT molecular complexity index is 408. The lowest BCUT2D eigenvalue weighted by Crippen LogP contribution is -2.00. The first-order valence-corrected chi connectivity index (χ1v) is 6.25. The van der Waals surface area contributed by atoms with Crippen molar-refractivity contribution in [3.8, 4) is 11.5 Å². The van der Waals surface area contributed by atoms with E-state index in [4.69, 9.17) is 14.6 Å². The van der Waals surface area contributed by atoms with Crippen molar-refractivity contribution in [3.63, 3.8) is 0 Å². The molecule has 1 rings (SSSR count). The molecule has 0 bridgehead atoms. The van der Waals surface area contributed by atoms with Crippen LogP contribution < -0.4 is 9.47 Å². The summed E-state index contributed by atoms with van der Waals surface area (Å²) >= 11 is 0. The minimum Gasteiger partial charge on any atom is -0.493 e. The number of aliphatic hydroxyl groups is 1. The fourth-order valence-corrected chi connectivity index (χ4v) is 1.64. The van der Waals surface area contributed by atoms with E-state index in [1.54, 1.807) is 6.07 Å². The summed E-state index contributed by atoms with van der Waals surface area (Å²) in [4.78, 5) is 10.2. The second-order valence-electron chi connectivity index (χ2n) is 4.08. The third-order valence-electron chi connectivity index (χ3n) is 2.67. The first-order valence-electron chi connectivity index (χ1n) is 6.25. The van der Waals surface area contributed by atoms with E-state index in [2.05, 4.69) is 0 Å². The molecule has 0 saturated heterocycles. The number of ether oxygens (including phenoxy) is 2. The van der Waals surface area contributed by atoms with Crippen molar-refractivity contribution < 1.29 is 19.5 Å². The molecule has 0 fully saturated rings. The third-order valence-corrected chi connectivity index (χ3v) is 2.67. The van der Waals surface area contributed by atoms with E-state index in [1.165, 1.54) is 19.2 Å². The summed E-state index contributed by atoms with van der Waals surface area (Å²) in [6.45, 7) is 0.747. The van der Waals surface area contributed by atoms with Crippen LogP contribution >= 0.6 is 0 Å². The summed E-state index contributed by atoms with van der Waals surface area (Å²) in [5, 5.41) is 19.3. The van der Waals surface area contributed by atoms with Crippen molar-refractivity contribution in [2.75, 3.05) is 20.3 Å². The monoisotopic (exact) mass is 269 g/mol. The van der Waals surface area contributed by atoms with Crippen molar-refractivity contribution in [1.82, 2.24) is 0 Å². The molecule has 0 amide bonds. The Morgan fingerprint density at radius 3 is 2.58 bits per heavy atom. The Balaban J connectivity index is 2.47. The van der Waals surface area contributed by atoms with Crippen LogP contribution in [0.1, 0.15) is 25.7 Å². The van der Waals surface area contributed by atoms with Gasteiger partial charge in [0, 0.05) is 12.7 Å². The zero-order chi connectivity index (χ0) is 14.1. The topological polar surface area (TPSA) is 81.8 Å². The van der Waals surface area contributed by atoms with Gasteiger partial charge in [-0.1, -0.05) is 6.42 Å². The van der Waals surface area contributed by atoms with Crippen LogP contribution in [-0.2, 0) is 0 Å². The largest absolute Gasteiger partial charge is 0.493 e. The molecule has 0 radical (unpaired) electrons. The SMILES string of the molecule is COc1cc([N+](=O)[O-])ccc1OCCCCCCO. The summed E-state index contributed by atoms with van der Waals surface area (Å²) in [7, 11) is 1.45. The predicted octanol–water partition coefficient (Wildman–Crippen LogP) is 2.53. The minimum atomic E-state index is -0.471. The number of nitro benzene ring substituents is 1. The smallest absolute Gasteiger partial charge is 0.273 e. The average Bonchev–Trinajstić information content (AvgIpc) is 2.42. The van der Waals surface area contributed by atoms with Crippen LogP contribution in [0.2, 0.25) is 0 Å². The van der Waals surface area contributed by atoms with Crippen molar-refractivity contribution >= 4 is 5.69 Å². The maximum atomic E-state index is 10.6. The standard InChI is InChI=1S/C13H19NO5/c1-18-13-10-11(14(16)17)6-7-12(13)19-9-5-3-2-4-8-15/h6-7,10,15H,2-5,8-9H2,1H3. The molecule has 0 aliphatic heterocycles. The second kappa shape index (κ2) is 8.31. The first kappa shape index (κ1) is 15.2. The normalized spacial score (nSPS) is 10.2. The molecule has 0 aromatic heterocycles. The van der Waals surface area contributed by atoms with Crippen LogP contribution in [0.4, 0.5) is 5.69 Å². The number of rotatable bonds is 9. The number of hydrogen-bond acceptors (Lipinski definition) is 5. The molecule has 0 heterocycles. The van der Waals surface area contributed by atoms with Crippen LogP contribution in [0, 0.1) is 10.1 Å². The Labute approximate surface area is 112 Å². The van der Waals surface area contributed by atoms with E-state index >= 15 is 0 Å². The highest BCUT2D eigenvalue weighted by molar-refractivity contribution is 5.48. The van der Waals surface area contributed by atoms with Crippen molar-refractivity contribution in [2.24, 2.45) is 0 Å². The molecule has 106 valence electrons. The molecule has 1 aromatic rings. The number of benzene rings is 1. The molecule has 6 nitrogen and oxygen atoms in total. The van der Waals surface area contributed by atoms with E-state index < -0.39 is 4.92 Å². The van der Waals surface area contributed by atoms with Crippen LogP contribution in [0.15, 0.2) is 18.2 Å². The summed E-state index contributed by atoms with van der Waals surface area (Å²) in [5.41, 5.74) is -0.0212. The molecule has 1 aromatic carbocycles. The fraction of sp³-hybridized carbons (Fsp3) is 0.538. The highest BCUT2D eigenvalue weighted by Gasteiger charge is 2.11. The maximum Gasteiger partial charge on any atom is 0.273 e. The highest BCUT2D eigenvalue weighted by atomic mass is 16.6.